The lowest BCUT2D eigenvalue weighted by molar-refractivity contribution is -0.379. The molecule has 3 saturated heterocycles. The van der Waals surface area contributed by atoms with E-state index in [1.54, 1.807) is 6.08 Å². The van der Waals surface area contributed by atoms with Crippen molar-refractivity contribution in [1.29, 1.82) is 0 Å². The summed E-state index contributed by atoms with van der Waals surface area (Å²) in [6.07, 6.45) is 40.9. The Labute approximate surface area is 539 Å². The number of ether oxygens (including phenoxy) is 6. The number of hydrogen-bond donors (Lipinski definition) is 12. The van der Waals surface area contributed by atoms with E-state index >= 15 is 0 Å². The molecule has 0 spiro atoms. The topological polar surface area (TPSA) is 307 Å². The Kier molecular flexibility index (Phi) is 46.8. The van der Waals surface area contributed by atoms with Crippen molar-refractivity contribution in [2.24, 2.45) is 0 Å². The molecule has 0 radical (unpaired) electrons. The van der Waals surface area contributed by atoms with Crippen LogP contribution in [0.25, 0.3) is 0 Å². The van der Waals surface area contributed by atoms with E-state index < -0.39 is 124 Å². The van der Waals surface area contributed by atoms with Crippen molar-refractivity contribution in [2.45, 2.75) is 317 Å². The van der Waals surface area contributed by atoms with E-state index in [0.29, 0.717) is 12.8 Å². The molecule has 0 bridgehead atoms. The Morgan fingerprint density at radius 1 is 0.411 bits per heavy atom. The van der Waals surface area contributed by atoms with Gasteiger partial charge in [-0.05, 0) is 89.9 Å². The van der Waals surface area contributed by atoms with Gasteiger partial charge in [-0.25, -0.2) is 0 Å². The fourth-order valence-electron chi connectivity index (χ4n) is 11.0. The second-order valence-electron chi connectivity index (χ2n) is 24.2. The Morgan fingerprint density at radius 3 is 1.24 bits per heavy atom. The quantitative estimate of drug-likeness (QED) is 0.0200. The second kappa shape index (κ2) is 52.0. The Morgan fingerprint density at radius 2 is 0.778 bits per heavy atom. The summed E-state index contributed by atoms with van der Waals surface area (Å²) in [5.74, 6) is -0.304. The largest absolute Gasteiger partial charge is 0.394 e. The summed E-state index contributed by atoms with van der Waals surface area (Å²) in [5.41, 5.74) is 0. The molecule has 0 aromatic heterocycles. The summed E-state index contributed by atoms with van der Waals surface area (Å²) >= 11 is 0. The van der Waals surface area contributed by atoms with Gasteiger partial charge in [0.25, 0.3) is 0 Å². The molecule has 12 N–H and O–H groups in total. The summed E-state index contributed by atoms with van der Waals surface area (Å²) in [6, 6.07) is -1.01. The lowest BCUT2D eigenvalue weighted by atomic mass is 9.96. The maximum Gasteiger partial charge on any atom is 0.220 e. The first-order chi connectivity index (χ1) is 43.8. The minimum Gasteiger partial charge on any atom is -0.394 e. The fraction of sp³-hybridized carbons (Fsp3) is 0.761. The van der Waals surface area contributed by atoms with E-state index in [1.165, 1.54) is 77.0 Å². The van der Waals surface area contributed by atoms with Gasteiger partial charge < -0.3 is 89.9 Å². The fourth-order valence-corrected chi connectivity index (χ4v) is 11.0. The highest BCUT2D eigenvalue weighted by atomic mass is 16.8. The number of aliphatic hydroxyl groups is 11. The van der Waals surface area contributed by atoms with Gasteiger partial charge in [0.1, 0.15) is 73.2 Å². The minimum absolute atomic E-state index is 0.213. The average Bonchev–Trinajstić information content (AvgIpc) is 0.865. The summed E-state index contributed by atoms with van der Waals surface area (Å²) in [7, 11) is 0. The normalized spacial score (nSPS) is 28.7. The molecule has 3 aliphatic heterocycles. The highest BCUT2D eigenvalue weighted by Gasteiger charge is 2.53. The standard InChI is InChI=1S/C71H121NO18/c1-3-5-7-9-11-13-15-17-19-21-23-25-27-29-31-33-35-37-39-41-43-45-47-49-59(77)72-54(55(76)48-46-44-42-40-38-36-34-32-30-28-26-24-22-20-18-16-14-12-10-8-6-4-2)53-85-69-65(83)62(80)67(57(51-74)87-69)90-71-66(84)63(81)68(58(52-75)88-71)89-70-64(82)61(79)60(78)56(50-73)86-70/h5,7,11,13,17,19,23,25,29-32,38,40,46,48,54-58,60-71,73-76,78-84H,3-4,6,8-10,12,14-16,18,20-22,24,26-28,33-37,39,41-45,47,49-53H2,1-2H3,(H,72,77)/b7-5-,13-11-,19-17-,25-23-,31-29-,32-30+,40-38+,48-46+. The lowest BCUT2D eigenvalue weighted by Crippen LogP contribution is -2.66. The first kappa shape index (κ1) is 80.9. The first-order valence-corrected chi connectivity index (χ1v) is 34.5. The number of amides is 1. The van der Waals surface area contributed by atoms with Crippen LogP contribution in [0.4, 0.5) is 0 Å². The molecule has 0 saturated carbocycles. The molecule has 518 valence electrons. The zero-order chi connectivity index (χ0) is 65.4. The van der Waals surface area contributed by atoms with Crippen LogP contribution < -0.4 is 5.32 Å². The number of carbonyl (C=O) groups is 1. The van der Waals surface area contributed by atoms with Crippen molar-refractivity contribution < 1.29 is 89.4 Å². The molecule has 1 amide bonds. The zero-order valence-corrected chi connectivity index (χ0v) is 54.6. The van der Waals surface area contributed by atoms with Gasteiger partial charge in [-0.2, -0.15) is 0 Å². The Balaban J connectivity index is 1.48. The van der Waals surface area contributed by atoms with Gasteiger partial charge in [0.05, 0.1) is 38.6 Å². The number of aliphatic hydroxyl groups excluding tert-OH is 11. The van der Waals surface area contributed by atoms with Gasteiger partial charge in [-0.15, -0.1) is 0 Å². The number of allylic oxidation sites excluding steroid dienone is 15. The number of hydrogen-bond acceptors (Lipinski definition) is 18. The maximum atomic E-state index is 13.4. The van der Waals surface area contributed by atoms with Gasteiger partial charge >= 0.3 is 0 Å². The first-order valence-electron chi connectivity index (χ1n) is 34.5. The maximum absolute atomic E-state index is 13.4. The molecule has 3 rings (SSSR count). The Hall–Kier alpha value is -3.29. The third-order valence-corrected chi connectivity index (χ3v) is 16.6. The van der Waals surface area contributed by atoms with E-state index in [2.05, 4.69) is 104 Å². The number of nitrogens with one attached hydrogen (secondary N) is 1. The molecule has 0 aliphatic carbocycles. The van der Waals surface area contributed by atoms with Crippen LogP contribution in [0.2, 0.25) is 0 Å². The predicted molar refractivity (Wildman–Crippen MR) is 351 cm³/mol. The van der Waals surface area contributed by atoms with Crippen LogP contribution in [0.5, 0.6) is 0 Å². The SMILES string of the molecule is CC/C=C\C/C=C\C/C=C\C/C=C\C/C=C\CCCCCCCCCC(=O)NC(COC1OC(CO)C(OC2OC(CO)C(OC3OC(CO)C(O)C(O)C3O)C(O)C2O)C(O)C1O)C(O)/C=C/CC/C=C/CC/C=C/CCCCCCCCCCCCCC. The molecular formula is C71H121NO18. The van der Waals surface area contributed by atoms with Crippen molar-refractivity contribution >= 4 is 5.91 Å². The zero-order valence-electron chi connectivity index (χ0n) is 54.6. The third kappa shape index (κ3) is 33.7. The Bertz CT molecular complexity index is 2010. The van der Waals surface area contributed by atoms with Crippen LogP contribution in [-0.2, 0) is 33.2 Å². The van der Waals surface area contributed by atoms with Gasteiger partial charge in [-0.1, -0.05) is 214 Å². The smallest absolute Gasteiger partial charge is 0.220 e. The van der Waals surface area contributed by atoms with E-state index in [1.807, 2.05) is 6.08 Å². The van der Waals surface area contributed by atoms with Crippen LogP contribution in [0, 0.1) is 0 Å². The molecule has 17 unspecified atom stereocenters. The van der Waals surface area contributed by atoms with Crippen molar-refractivity contribution in [2.75, 3.05) is 26.4 Å². The van der Waals surface area contributed by atoms with Crippen molar-refractivity contribution in [3.63, 3.8) is 0 Å². The van der Waals surface area contributed by atoms with Gasteiger partial charge in [0, 0.05) is 6.42 Å². The minimum atomic E-state index is -1.99. The molecule has 3 fully saturated rings. The number of rotatable bonds is 51. The van der Waals surface area contributed by atoms with Crippen LogP contribution >= 0.6 is 0 Å². The van der Waals surface area contributed by atoms with Gasteiger partial charge in [0.15, 0.2) is 18.9 Å². The van der Waals surface area contributed by atoms with Crippen LogP contribution in [-0.4, -0.2) is 193 Å². The number of unbranched alkanes of at least 4 members (excludes halogenated alkanes) is 21. The van der Waals surface area contributed by atoms with E-state index in [0.717, 1.165) is 103 Å². The van der Waals surface area contributed by atoms with Gasteiger partial charge in [0.2, 0.25) is 5.91 Å². The molecular weight excluding hydrogens is 1150 g/mol. The number of carbonyl (C=O) groups excluding carboxylic acids is 1. The monoisotopic (exact) mass is 1280 g/mol. The van der Waals surface area contributed by atoms with Crippen molar-refractivity contribution in [3.8, 4) is 0 Å². The molecule has 90 heavy (non-hydrogen) atoms. The van der Waals surface area contributed by atoms with Crippen LogP contribution in [0.15, 0.2) is 97.2 Å². The van der Waals surface area contributed by atoms with Crippen molar-refractivity contribution in [1.82, 2.24) is 5.32 Å². The summed E-state index contributed by atoms with van der Waals surface area (Å²) in [5, 5.41) is 120. The van der Waals surface area contributed by atoms with E-state index in [9.17, 15) is 61.0 Å². The van der Waals surface area contributed by atoms with Crippen LogP contribution in [0.3, 0.4) is 0 Å². The highest BCUT2D eigenvalue weighted by Crippen LogP contribution is 2.33. The molecule has 19 heteroatoms. The predicted octanol–water partition coefficient (Wildman–Crippen LogP) is 8.88. The summed E-state index contributed by atoms with van der Waals surface area (Å²) in [4.78, 5) is 13.4. The molecule has 19 nitrogen and oxygen atoms in total. The molecule has 3 aliphatic rings. The van der Waals surface area contributed by atoms with Crippen molar-refractivity contribution in [3.05, 3.63) is 97.2 Å². The molecule has 17 atom stereocenters. The van der Waals surface area contributed by atoms with E-state index in [4.69, 9.17) is 28.4 Å². The lowest BCUT2D eigenvalue weighted by Gasteiger charge is -2.48. The second-order valence-corrected chi connectivity index (χ2v) is 24.2. The third-order valence-electron chi connectivity index (χ3n) is 16.6. The summed E-state index contributed by atoms with van der Waals surface area (Å²) < 4.78 is 34.3. The molecule has 3 heterocycles. The van der Waals surface area contributed by atoms with E-state index in [-0.39, 0.29) is 18.9 Å². The molecule has 0 aromatic rings. The average molecular weight is 1280 g/mol. The summed E-state index contributed by atoms with van der Waals surface area (Å²) in [6.45, 7) is 1.58. The molecule has 0 aromatic carbocycles. The highest BCUT2D eigenvalue weighted by molar-refractivity contribution is 5.76. The van der Waals surface area contributed by atoms with Gasteiger partial charge in [-0.3, -0.25) is 4.79 Å². The van der Waals surface area contributed by atoms with Crippen LogP contribution in [0.1, 0.15) is 213 Å².